The number of carbonyl (C=O) groups is 1. The summed E-state index contributed by atoms with van der Waals surface area (Å²) in [4.78, 5) is 18.6. The van der Waals surface area contributed by atoms with Crippen LogP contribution in [0.5, 0.6) is 0 Å². The number of hydrogen-bond donors (Lipinski definition) is 0. The van der Waals surface area contributed by atoms with Crippen LogP contribution in [0.1, 0.15) is 20.9 Å². The maximum atomic E-state index is 14.1. The van der Waals surface area contributed by atoms with Crippen LogP contribution in [0.4, 0.5) is 14.5 Å². The molecule has 32 heavy (non-hydrogen) atoms. The Bertz CT molecular complexity index is 1270. The van der Waals surface area contributed by atoms with Crippen molar-refractivity contribution in [3.63, 3.8) is 0 Å². The Hall–Kier alpha value is -3.26. The molecule has 0 atom stereocenters. The summed E-state index contributed by atoms with van der Waals surface area (Å²) >= 11 is 1.43. The first-order valence-electron chi connectivity index (χ1n) is 10.5. The van der Waals surface area contributed by atoms with E-state index in [2.05, 4.69) is 5.10 Å². The molecule has 0 aliphatic carbocycles. The fraction of sp³-hybridized carbons (Fsp3) is 0.250. The Kier molecular flexibility index (Phi) is 5.38. The molecule has 164 valence electrons. The fourth-order valence-electron chi connectivity index (χ4n) is 4.10. The van der Waals surface area contributed by atoms with Crippen LogP contribution in [-0.4, -0.2) is 46.8 Å². The summed E-state index contributed by atoms with van der Waals surface area (Å²) in [6.07, 6.45) is 0. The van der Waals surface area contributed by atoms with Gasteiger partial charge in [-0.25, -0.2) is 8.78 Å². The monoisotopic (exact) mass is 452 g/mol. The first-order chi connectivity index (χ1) is 15.5. The molecule has 1 amide bonds. The van der Waals surface area contributed by atoms with E-state index in [-0.39, 0.29) is 17.5 Å². The lowest BCUT2D eigenvalue weighted by atomic mass is 10.2. The van der Waals surface area contributed by atoms with Crippen molar-refractivity contribution in [2.45, 2.75) is 13.5 Å². The van der Waals surface area contributed by atoms with Crippen LogP contribution in [0, 0.1) is 18.6 Å². The van der Waals surface area contributed by atoms with Crippen LogP contribution >= 0.6 is 11.3 Å². The van der Waals surface area contributed by atoms with Crippen molar-refractivity contribution >= 4 is 33.1 Å². The summed E-state index contributed by atoms with van der Waals surface area (Å²) in [5.41, 5.74) is 2.39. The van der Waals surface area contributed by atoms with Gasteiger partial charge in [0.2, 0.25) is 0 Å². The number of carbonyl (C=O) groups excluding carboxylic acids is 1. The highest BCUT2D eigenvalue weighted by Gasteiger charge is 2.26. The maximum Gasteiger partial charge on any atom is 0.264 e. The minimum Gasteiger partial charge on any atom is -0.366 e. The van der Waals surface area contributed by atoms with Gasteiger partial charge in [-0.1, -0.05) is 24.3 Å². The number of hydrogen-bond acceptors (Lipinski definition) is 4. The molecule has 1 aliphatic rings. The van der Waals surface area contributed by atoms with Gasteiger partial charge in [0.15, 0.2) is 0 Å². The van der Waals surface area contributed by atoms with E-state index in [0.29, 0.717) is 43.3 Å². The van der Waals surface area contributed by atoms with E-state index < -0.39 is 0 Å². The van der Waals surface area contributed by atoms with E-state index in [9.17, 15) is 13.6 Å². The Morgan fingerprint density at radius 2 is 1.75 bits per heavy atom. The van der Waals surface area contributed by atoms with Crippen LogP contribution in [0.2, 0.25) is 0 Å². The predicted molar refractivity (Wildman–Crippen MR) is 122 cm³/mol. The second-order valence-corrected chi connectivity index (χ2v) is 8.96. The molecular formula is C24H22F2N4OS. The third-order valence-corrected chi connectivity index (χ3v) is 6.96. The third-order valence-electron chi connectivity index (χ3n) is 5.82. The summed E-state index contributed by atoms with van der Waals surface area (Å²) in [6.45, 7) is 4.71. The second-order valence-electron chi connectivity index (χ2n) is 7.93. The molecule has 0 radical (unpaired) electrons. The van der Waals surface area contributed by atoms with E-state index in [1.807, 2.05) is 33.5 Å². The summed E-state index contributed by atoms with van der Waals surface area (Å²) < 4.78 is 29.2. The molecule has 8 heteroatoms. The highest BCUT2D eigenvalue weighted by molar-refractivity contribution is 7.20. The standard InChI is InChI=1S/C24H22F2N4OS/c1-16-19-14-22(32-24(19)30(27-16)15-17-6-8-18(25)9-7-17)23(31)29-12-10-28(11-13-29)21-5-3-2-4-20(21)26/h2-9,14H,10-13,15H2,1H3. The molecule has 0 saturated carbocycles. The number of benzene rings is 2. The quantitative estimate of drug-likeness (QED) is 0.451. The average Bonchev–Trinajstić information content (AvgIpc) is 3.36. The van der Waals surface area contributed by atoms with Crippen molar-refractivity contribution in [2.75, 3.05) is 31.1 Å². The van der Waals surface area contributed by atoms with Crippen molar-refractivity contribution in [2.24, 2.45) is 0 Å². The maximum absolute atomic E-state index is 14.1. The molecule has 3 heterocycles. The number of piperazine rings is 1. The zero-order valence-corrected chi connectivity index (χ0v) is 18.4. The summed E-state index contributed by atoms with van der Waals surface area (Å²) in [7, 11) is 0. The first kappa shape index (κ1) is 20.6. The molecule has 0 N–H and O–H groups in total. The van der Waals surface area contributed by atoms with Crippen molar-refractivity contribution in [3.05, 3.63) is 82.4 Å². The molecule has 0 bridgehead atoms. The Morgan fingerprint density at radius 1 is 1.03 bits per heavy atom. The second kappa shape index (κ2) is 8.35. The molecule has 5 nitrogen and oxygen atoms in total. The van der Waals surface area contributed by atoms with Crippen molar-refractivity contribution in [3.8, 4) is 0 Å². The lowest BCUT2D eigenvalue weighted by molar-refractivity contribution is 0.0751. The molecule has 4 aromatic rings. The van der Waals surface area contributed by atoms with Crippen LogP contribution in [0.15, 0.2) is 54.6 Å². The van der Waals surface area contributed by atoms with E-state index in [1.54, 1.807) is 24.3 Å². The van der Waals surface area contributed by atoms with Crippen molar-refractivity contribution in [1.82, 2.24) is 14.7 Å². The van der Waals surface area contributed by atoms with Gasteiger partial charge in [0.25, 0.3) is 5.91 Å². The molecule has 0 spiro atoms. The van der Waals surface area contributed by atoms with E-state index >= 15 is 0 Å². The Morgan fingerprint density at radius 3 is 2.47 bits per heavy atom. The summed E-state index contributed by atoms with van der Waals surface area (Å²) in [6, 6.07) is 15.0. The van der Waals surface area contributed by atoms with Crippen LogP contribution in [0.25, 0.3) is 10.2 Å². The van der Waals surface area contributed by atoms with Gasteiger partial charge in [0, 0.05) is 31.6 Å². The molecule has 2 aromatic carbocycles. The van der Waals surface area contributed by atoms with Gasteiger partial charge in [-0.05, 0) is 42.8 Å². The molecule has 1 aliphatic heterocycles. The highest BCUT2D eigenvalue weighted by Crippen LogP contribution is 2.30. The molecule has 1 saturated heterocycles. The van der Waals surface area contributed by atoms with Gasteiger partial charge >= 0.3 is 0 Å². The number of para-hydroxylation sites is 1. The minimum atomic E-state index is -0.269. The topological polar surface area (TPSA) is 41.4 Å². The molecule has 0 unspecified atom stereocenters. The van der Waals surface area contributed by atoms with Crippen LogP contribution in [0.3, 0.4) is 0 Å². The number of thiophene rings is 1. The number of nitrogens with zero attached hydrogens (tertiary/aromatic N) is 4. The molecule has 1 fully saturated rings. The summed E-state index contributed by atoms with van der Waals surface area (Å²) in [5, 5.41) is 5.56. The van der Waals surface area contributed by atoms with Crippen molar-refractivity contribution in [1.29, 1.82) is 0 Å². The third kappa shape index (κ3) is 3.86. The number of aryl methyl sites for hydroxylation is 1. The van der Waals surface area contributed by atoms with Gasteiger partial charge in [0.05, 0.1) is 22.8 Å². The van der Waals surface area contributed by atoms with Crippen LogP contribution < -0.4 is 4.90 Å². The fourth-order valence-corrected chi connectivity index (χ4v) is 5.23. The molecule has 5 rings (SSSR count). The number of amides is 1. The van der Waals surface area contributed by atoms with Crippen molar-refractivity contribution < 1.29 is 13.6 Å². The number of rotatable bonds is 4. The molecule has 2 aromatic heterocycles. The lowest BCUT2D eigenvalue weighted by Crippen LogP contribution is -2.48. The van der Waals surface area contributed by atoms with E-state index in [0.717, 1.165) is 21.5 Å². The predicted octanol–water partition coefficient (Wildman–Crippen LogP) is 4.70. The van der Waals surface area contributed by atoms with Crippen LogP contribution in [-0.2, 0) is 6.54 Å². The zero-order chi connectivity index (χ0) is 22.2. The highest BCUT2D eigenvalue weighted by atomic mass is 32.1. The van der Waals surface area contributed by atoms with Gasteiger partial charge in [-0.3, -0.25) is 9.48 Å². The Labute approximate surface area is 188 Å². The van der Waals surface area contributed by atoms with Gasteiger partial charge in [-0.15, -0.1) is 11.3 Å². The lowest BCUT2D eigenvalue weighted by Gasteiger charge is -2.36. The number of halogens is 2. The van der Waals surface area contributed by atoms with Gasteiger partial charge < -0.3 is 9.80 Å². The summed E-state index contributed by atoms with van der Waals surface area (Å²) in [5.74, 6) is -0.514. The number of aromatic nitrogens is 2. The van der Waals surface area contributed by atoms with E-state index in [1.165, 1.54) is 29.5 Å². The number of fused-ring (bicyclic) bond motifs is 1. The SMILES string of the molecule is Cc1nn(Cc2ccc(F)cc2)c2sc(C(=O)N3CCN(c4ccccc4F)CC3)cc12. The minimum absolute atomic E-state index is 0.00730. The molecular weight excluding hydrogens is 430 g/mol. The first-order valence-corrected chi connectivity index (χ1v) is 11.3. The average molecular weight is 453 g/mol. The smallest absolute Gasteiger partial charge is 0.264 e. The largest absolute Gasteiger partial charge is 0.366 e. The van der Waals surface area contributed by atoms with Gasteiger partial charge in [0.1, 0.15) is 16.5 Å². The zero-order valence-electron chi connectivity index (χ0n) is 17.6. The van der Waals surface area contributed by atoms with Gasteiger partial charge in [-0.2, -0.15) is 5.10 Å². The Balaban J connectivity index is 1.32. The van der Waals surface area contributed by atoms with E-state index in [4.69, 9.17) is 0 Å². The normalized spacial score (nSPS) is 14.3. The number of anilines is 1.